The Morgan fingerprint density at radius 1 is 1.28 bits per heavy atom. The molecule has 158 valence electrons. The fourth-order valence-electron chi connectivity index (χ4n) is 4.19. The van der Waals surface area contributed by atoms with Crippen molar-refractivity contribution in [3.8, 4) is 0 Å². The van der Waals surface area contributed by atoms with Crippen molar-refractivity contribution in [2.75, 3.05) is 31.9 Å². The summed E-state index contributed by atoms with van der Waals surface area (Å²) in [6.45, 7) is 3.01. The van der Waals surface area contributed by atoms with Crippen molar-refractivity contribution in [3.05, 3.63) is 27.7 Å². The van der Waals surface area contributed by atoms with Crippen LogP contribution in [0.2, 0.25) is 5.02 Å². The van der Waals surface area contributed by atoms with Gasteiger partial charge >= 0.3 is 0 Å². The fraction of sp³-hybridized carbons (Fsp3) is 0.556. The average molecular weight is 523 g/mol. The second kappa shape index (κ2) is 7.71. The summed E-state index contributed by atoms with van der Waals surface area (Å²) in [5.41, 5.74) is 0. The minimum absolute atomic E-state index is 0.0296. The molecule has 0 radical (unpaired) electrons. The molecule has 7 nitrogen and oxygen atoms in total. The van der Waals surface area contributed by atoms with Crippen molar-refractivity contribution in [1.82, 2.24) is 14.1 Å². The van der Waals surface area contributed by atoms with Gasteiger partial charge in [0.1, 0.15) is 10.9 Å². The lowest BCUT2D eigenvalue weighted by Crippen LogP contribution is -2.56. The maximum absolute atomic E-state index is 13.1. The molecule has 3 aliphatic heterocycles. The van der Waals surface area contributed by atoms with Gasteiger partial charge in [0, 0.05) is 42.8 Å². The third-order valence-corrected chi connectivity index (χ3v) is 10.2. The highest BCUT2D eigenvalue weighted by molar-refractivity contribution is 9.10. The molecule has 4 rings (SSSR count). The molecule has 0 spiro atoms. The largest absolute Gasteiger partial charge is 0.338 e. The summed E-state index contributed by atoms with van der Waals surface area (Å²) >= 11 is 11.1. The van der Waals surface area contributed by atoms with Gasteiger partial charge in [0.05, 0.1) is 9.89 Å². The first-order chi connectivity index (χ1) is 13.6. The molecule has 3 saturated heterocycles. The van der Waals surface area contributed by atoms with Crippen molar-refractivity contribution >= 4 is 61.1 Å². The van der Waals surface area contributed by atoms with Crippen LogP contribution in [0.3, 0.4) is 0 Å². The Balaban J connectivity index is 1.44. The predicted octanol–water partition coefficient (Wildman–Crippen LogP) is 2.39. The number of hydrogen-bond acceptors (Lipinski definition) is 5. The summed E-state index contributed by atoms with van der Waals surface area (Å²) in [5, 5.41) is 0.160. The van der Waals surface area contributed by atoms with E-state index in [0.29, 0.717) is 29.7 Å². The quantitative estimate of drug-likeness (QED) is 0.609. The van der Waals surface area contributed by atoms with Crippen LogP contribution in [0.4, 0.5) is 0 Å². The molecule has 1 aromatic rings. The molecule has 29 heavy (non-hydrogen) atoms. The number of fused-ring (bicyclic) bond motifs is 1. The Morgan fingerprint density at radius 2 is 1.97 bits per heavy atom. The van der Waals surface area contributed by atoms with E-state index >= 15 is 0 Å². The van der Waals surface area contributed by atoms with E-state index in [1.165, 1.54) is 10.4 Å². The number of amides is 2. The number of carbonyl (C=O) groups excluding carboxylic acids is 2. The Hall–Kier alpha value is -0.810. The molecule has 3 aliphatic rings. The minimum Gasteiger partial charge on any atom is -0.338 e. The van der Waals surface area contributed by atoms with Gasteiger partial charge in [-0.2, -0.15) is 4.31 Å². The molecule has 0 N–H and O–H groups in total. The van der Waals surface area contributed by atoms with Gasteiger partial charge in [-0.3, -0.25) is 9.59 Å². The topological polar surface area (TPSA) is 78.0 Å². The summed E-state index contributed by atoms with van der Waals surface area (Å²) in [7, 11) is -3.74. The number of nitrogens with zero attached hydrogens (tertiary/aromatic N) is 3. The lowest BCUT2D eigenvalue weighted by molar-refractivity contribution is -0.144. The minimum atomic E-state index is -3.74. The van der Waals surface area contributed by atoms with Gasteiger partial charge in [-0.05, 0) is 31.5 Å². The molecule has 11 heteroatoms. The molecule has 1 aromatic carbocycles. The number of thioether (sulfide) groups is 1. The Morgan fingerprint density at radius 3 is 2.62 bits per heavy atom. The predicted molar refractivity (Wildman–Crippen MR) is 115 cm³/mol. The standard InChI is InChI=1S/C18H21BrClN3O4S2/c1-18-5-4-16(24)23(18)14(11-28-18)17(25)21-6-8-22(9-7-21)29(26,27)15-3-2-12(19)10-13(15)20/h2-3,10,14H,4-9,11H2,1H3/t14-,18+/m0/s1. The molecular formula is C18H21BrClN3O4S2. The second-order valence-electron chi connectivity index (χ2n) is 7.57. The number of halogens is 2. The van der Waals surface area contributed by atoms with Crippen LogP contribution in [0.1, 0.15) is 19.8 Å². The van der Waals surface area contributed by atoms with Gasteiger partial charge in [0.15, 0.2) is 0 Å². The van der Waals surface area contributed by atoms with E-state index in [0.717, 1.165) is 6.42 Å². The van der Waals surface area contributed by atoms with Crippen LogP contribution in [0.5, 0.6) is 0 Å². The third-order valence-electron chi connectivity index (χ3n) is 5.79. The zero-order valence-electron chi connectivity index (χ0n) is 15.8. The smallest absolute Gasteiger partial charge is 0.246 e. The van der Waals surface area contributed by atoms with Crippen LogP contribution in [0.15, 0.2) is 27.6 Å². The molecule has 0 aromatic heterocycles. The number of piperazine rings is 1. The molecule has 3 fully saturated rings. The van der Waals surface area contributed by atoms with Crippen LogP contribution in [0, 0.1) is 0 Å². The summed E-state index contributed by atoms with van der Waals surface area (Å²) in [4.78, 5) is 28.6. The van der Waals surface area contributed by atoms with Crippen LogP contribution < -0.4 is 0 Å². The molecule has 0 bridgehead atoms. The van der Waals surface area contributed by atoms with Crippen molar-refractivity contribution in [2.24, 2.45) is 0 Å². The number of sulfonamides is 1. The molecule has 2 amide bonds. The first kappa shape index (κ1) is 21.4. The average Bonchev–Trinajstić information content (AvgIpc) is 3.17. The lowest BCUT2D eigenvalue weighted by Gasteiger charge is -2.37. The maximum Gasteiger partial charge on any atom is 0.246 e. The zero-order valence-corrected chi connectivity index (χ0v) is 19.8. The highest BCUT2D eigenvalue weighted by atomic mass is 79.9. The van der Waals surface area contributed by atoms with Crippen LogP contribution in [0.25, 0.3) is 0 Å². The van der Waals surface area contributed by atoms with E-state index < -0.39 is 16.1 Å². The normalized spacial score (nSPS) is 28.1. The van der Waals surface area contributed by atoms with Crippen molar-refractivity contribution in [3.63, 3.8) is 0 Å². The number of hydrogen-bond donors (Lipinski definition) is 0. The first-order valence-corrected chi connectivity index (χ1v) is 12.9. The highest BCUT2D eigenvalue weighted by Crippen LogP contribution is 2.47. The van der Waals surface area contributed by atoms with E-state index in [4.69, 9.17) is 11.6 Å². The SMILES string of the molecule is C[C@@]12CCC(=O)N1[C@H](C(=O)N1CCN(S(=O)(=O)c3ccc(Br)cc3Cl)CC1)CS2. The first-order valence-electron chi connectivity index (χ1n) is 9.34. The molecule has 0 saturated carbocycles. The van der Waals surface area contributed by atoms with Crippen molar-refractivity contribution in [1.29, 1.82) is 0 Å². The summed E-state index contributed by atoms with van der Waals surface area (Å²) < 4.78 is 28.0. The van der Waals surface area contributed by atoms with E-state index in [9.17, 15) is 18.0 Å². The van der Waals surface area contributed by atoms with Crippen molar-refractivity contribution < 1.29 is 18.0 Å². The second-order valence-corrected chi connectivity index (χ2v) is 12.3. The zero-order chi connectivity index (χ0) is 21.0. The monoisotopic (exact) mass is 521 g/mol. The summed E-state index contributed by atoms with van der Waals surface area (Å²) in [6, 6.07) is 4.22. The van der Waals surface area contributed by atoms with E-state index in [-0.39, 0.29) is 39.7 Å². The fourth-order valence-corrected chi connectivity index (χ4v) is 8.04. The maximum atomic E-state index is 13.1. The van der Waals surface area contributed by atoms with E-state index in [1.54, 1.807) is 33.7 Å². The van der Waals surface area contributed by atoms with Gasteiger partial charge in [0.2, 0.25) is 21.8 Å². The number of carbonyl (C=O) groups is 2. The van der Waals surface area contributed by atoms with Crippen molar-refractivity contribution in [2.45, 2.75) is 35.6 Å². The molecule has 0 aliphatic carbocycles. The third kappa shape index (κ3) is 3.71. The Bertz CT molecular complexity index is 968. The van der Waals surface area contributed by atoms with Crippen LogP contribution in [-0.4, -0.2) is 77.2 Å². The van der Waals surface area contributed by atoms with Crippen LogP contribution in [-0.2, 0) is 19.6 Å². The van der Waals surface area contributed by atoms with Gasteiger partial charge in [0.25, 0.3) is 0 Å². The van der Waals surface area contributed by atoms with Gasteiger partial charge in [-0.15, -0.1) is 11.8 Å². The van der Waals surface area contributed by atoms with Crippen LogP contribution >= 0.6 is 39.3 Å². The Kier molecular flexibility index (Phi) is 5.69. The molecule has 2 atom stereocenters. The van der Waals surface area contributed by atoms with Gasteiger partial charge in [-0.1, -0.05) is 27.5 Å². The Labute approximate surface area is 187 Å². The van der Waals surface area contributed by atoms with Gasteiger partial charge in [-0.25, -0.2) is 8.42 Å². The lowest BCUT2D eigenvalue weighted by atomic mass is 10.2. The van der Waals surface area contributed by atoms with E-state index in [2.05, 4.69) is 15.9 Å². The summed E-state index contributed by atoms with van der Waals surface area (Å²) in [6.07, 6.45) is 1.24. The number of rotatable bonds is 3. The van der Waals surface area contributed by atoms with E-state index in [1.807, 2.05) is 6.92 Å². The molecule has 0 unspecified atom stereocenters. The molecular weight excluding hydrogens is 502 g/mol. The summed E-state index contributed by atoms with van der Waals surface area (Å²) in [5.74, 6) is 0.533. The number of benzene rings is 1. The van der Waals surface area contributed by atoms with Gasteiger partial charge < -0.3 is 9.80 Å². The molecule has 3 heterocycles. The highest BCUT2D eigenvalue weighted by Gasteiger charge is 2.53.